The van der Waals surface area contributed by atoms with Gasteiger partial charge in [0.05, 0.1) is 4.47 Å². The van der Waals surface area contributed by atoms with Crippen molar-refractivity contribution in [1.29, 1.82) is 0 Å². The maximum Gasteiger partial charge on any atom is 0.434 e. The molecule has 6 heteroatoms. The second-order valence-electron chi connectivity index (χ2n) is 1.65. The van der Waals surface area contributed by atoms with Crippen molar-refractivity contribution in [3.63, 3.8) is 0 Å². The van der Waals surface area contributed by atoms with E-state index in [-0.39, 0.29) is 4.47 Å². The SMILES string of the molecule is FC(F)(F)c1ncn[c]c1Br. The molecular formula is C5HBrF3N2. The van der Waals surface area contributed by atoms with Gasteiger partial charge in [0, 0.05) is 0 Å². The molecule has 1 heterocycles. The van der Waals surface area contributed by atoms with Crippen molar-refractivity contribution in [2.75, 3.05) is 0 Å². The molecule has 0 N–H and O–H groups in total. The van der Waals surface area contributed by atoms with Gasteiger partial charge in [0.2, 0.25) is 0 Å². The smallest absolute Gasteiger partial charge is 0.233 e. The number of hydrogen-bond acceptors (Lipinski definition) is 2. The number of halogens is 4. The van der Waals surface area contributed by atoms with Gasteiger partial charge in [0.15, 0.2) is 5.69 Å². The molecule has 0 fully saturated rings. The van der Waals surface area contributed by atoms with E-state index in [1.165, 1.54) is 0 Å². The molecule has 0 aromatic carbocycles. The molecule has 0 aliphatic rings. The normalized spacial score (nSPS) is 11.6. The molecule has 2 nitrogen and oxygen atoms in total. The Morgan fingerprint density at radius 2 is 2.09 bits per heavy atom. The average molecular weight is 226 g/mol. The molecule has 0 saturated heterocycles. The summed E-state index contributed by atoms with van der Waals surface area (Å²) in [5, 5.41) is 0. The van der Waals surface area contributed by atoms with Crippen molar-refractivity contribution in [3.8, 4) is 0 Å². The zero-order valence-corrected chi connectivity index (χ0v) is 6.57. The number of aromatic nitrogens is 2. The maximum absolute atomic E-state index is 11.9. The van der Waals surface area contributed by atoms with Gasteiger partial charge in [-0.05, 0) is 15.9 Å². The van der Waals surface area contributed by atoms with Crippen LogP contribution < -0.4 is 0 Å². The summed E-state index contributed by atoms with van der Waals surface area (Å²) in [7, 11) is 0. The Morgan fingerprint density at radius 3 is 2.45 bits per heavy atom. The van der Waals surface area contributed by atoms with Gasteiger partial charge in [-0.15, -0.1) is 0 Å². The molecule has 1 rings (SSSR count). The molecule has 0 atom stereocenters. The van der Waals surface area contributed by atoms with Gasteiger partial charge < -0.3 is 0 Å². The largest absolute Gasteiger partial charge is 0.434 e. The fourth-order valence-electron chi connectivity index (χ4n) is 0.479. The van der Waals surface area contributed by atoms with Gasteiger partial charge in [-0.3, -0.25) is 0 Å². The van der Waals surface area contributed by atoms with Crippen molar-refractivity contribution in [2.24, 2.45) is 0 Å². The van der Waals surface area contributed by atoms with Crippen LogP contribution in [0.5, 0.6) is 0 Å². The Bertz CT molecular complexity index is 260. The molecule has 1 radical (unpaired) electrons. The molecule has 0 aliphatic carbocycles. The van der Waals surface area contributed by atoms with Crippen LogP contribution in [0.2, 0.25) is 0 Å². The first kappa shape index (κ1) is 8.45. The van der Waals surface area contributed by atoms with Crippen molar-refractivity contribution >= 4 is 15.9 Å². The van der Waals surface area contributed by atoms with E-state index < -0.39 is 11.9 Å². The first-order chi connectivity index (χ1) is 5.02. The Morgan fingerprint density at radius 1 is 1.45 bits per heavy atom. The lowest BCUT2D eigenvalue weighted by molar-refractivity contribution is -0.141. The van der Waals surface area contributed by atoms with Crippen molar-refractivity contribution in [2.45, 2.75) is 6.18 Å². The highest BCUT2D eigenvalue weighted by molar-refractivity contribution is 9.10. The number of rotatable bonds is 0. The van der Waals surface area contributed by atoms with Gasteiger partial charge in [-0.1, -0.05) is 0 Å². The molecule has 1 aromatic rings. The minimum Gasteiger partial charge on any atom is -0.233 e. The topological polar surface area (TPSA) is 25.8 Å². The van der Waals surface area contributed by atoms with Gasteiger partial charge in [0.25, 0.3) is 0 Å². The number of nitrogens with zero attached hydrogens (tertiary/aromatic N) is 2. The summed E-state index contributed by atoms with van der Waals surface area (Å²) in [5.74, 6) is 0. The van der Waals surface area contributed by atoms with Crippen LogP contribution in [0.15, 0.2) is 10.8 Å². The van der Waals surface area contributed by atoms with Crippen LogP contribution in [-0.4, -0.2) is 9.97 Å². The van der Waals surface area contributed by atoms with E-state index >= 15 is 0 Å². The lowest BCUT2D eigenvalue weighted by atomic mass is 10.4. The van der Waals surface area contributed by atoms with E-state index in [9.17, 15) is 13.2 Å². The first-order valence-corrected chi connectivity index (χ1v) is 3.26. The highest BCUT2D eigenvalue weighted by Gasteiger charge is 2.34. The quantitative estimate of drug-likeness (QED) is 0.676. The third kappa shape index (κ3) is 1.89. The number of hydrogen-bond donors (Lipinski definition) is 0. The zero-order valence-electron chi connectivity index (χ0n) is 4.98. The predicted octanol–water partition coefficient (Wildman–Crippen LogP) is 2.06. The van der Waals surface area contributed by atoms with E-state index in [1.807, 2.05) is 0 Å². The Labute approximate surface area is 68.6 Å². The Hall–Kier alpha value is -0.650. The van der Waals surface area contributed by atoms with Crippen LogP contribution in [-0.2, 0) is 6.18 Å². The predicted molar refractivity (Wildman–Crippen MR) is 33.6 cm³/mol. The zero-order chi connectivity index (χ0) is 8.48. The minimum absolute atomic E-state index is 0.271. The molecule has 59 valence electrons. The van der Waals surface area contributed by atoms with Crippen LogP contribution in [0.1, 0.15) is 5.69 Å². The molecule has 0 unspecified atom stereocenters. The summed E-state index contributed by atoms with van der Waals surface area (Å²) in [4.78, 5) is 6.31. The van der Waals surface area contributed by atoms with E-state index in [0.717, 1.165) is 6.33 Å². The van der Waals surface area contributed by atoms with Crippen molar-refractivity contribution < 1.29 is 13.2 Å². The molecule has 0 bridgehead atoms. The van der Waals surface area contributed by atoms with Crippen molar-refractivity contribution in [1.82, 2.24) is 9.97 Å². The van der Waals surface area contributed by atoms with E-state index in [0.29, 0.717) is 0 Å². The first-order valence-electron chi connectivity index (χ1n) is 2.47. The van der Waals surface area contributed by atoms with Crippen molar-refractivity contribution in [3.05, 3.63) is 22.7 Å². The summed E-state index contributed by atoms with van der Waals surface area (Å²) >= 11 is 2.63. The van der Waals surface area contributed by atoms with Crippen LogP contribution in [0, 0.1) is 6.20 Å². The summed E-state index contributed by atoms with van der Waals surface area (Å²) in [6.45, 7) is 0. The average Bonchev–Trinajstić information content (AvgIpc) is 1.86. The second kappa shape index (κ2) is 2.77. The molecule has 1 aromatic heterocycles. The van der Waals surface area contributed by atoms with Gasteiger partial charge in [0.1, 0.15) is 12.5 Å². The molecule has 0 amide bonds. The molecule has 0 aliphatic heterocycles. The van der Waals surface area contributed by atoms with Crippen LogP contribution in [0.3, 0.4) is 0 Å². The van der Waals surface area contributed by atoms with Gasteiger partial charge in [-0.2, -0.15) is 13.2 Å². The standard InChI is InChI=1S/C5HBrF3N2/c6-3-1-10-2-11-4(3)5(7,8)9/h2H. The third-order valence-electron chi connectivity index (χ3n) is 0.884. The second-order valence-corrected chi connectivity index (χ2v) is 2.44. The Kier molecular flexibility index (Phi) is 2.12. The van der Waals surface area contributed by atoms with E-state index in [1.54, 1.807) is 0 Å². The van der Waals surface area contributed by atoms with E-state index in [2.05, 4.69) is 32.1 Å². The van der Waals surface area contributed by atoms with Crippen LogP contribution >= 0.6 is 15.9 Å². The monoisotopic (exact) mass is 225 g/mol. The van der Waals surface area contributed by atoms with E-state index in [4.69, 9.17) is 0 Å². The van der Waals surface area contributed by atoms with Crippen LogP contribution in [0.25, 0.3) is 0 Å². The minimum atomic E-state index is -4.45. The molecule has 0 saturated carbocycles. The van der Waals surface area contributed by atoms with Crippen LogP contribution in [0.4, 0.5) is 13.2 Å². The fraction of sp³-hybridized carbons (Fsp3) is 0.200. The highest BCUT2D eigenvalue weighted by atomic mass is 79.9. The molecular weight excluding hydrogens is 225 g/mol. The summed E-state index contributed by atoms with van der Waals surface area (Å²) in [6.07, 6.45) is -1.56. The molecule has 11 heavy (non-hydrogen) atoms. The summed E-state index contributed by atoms with van der Waals surface area (Å²) in [6, 6.07) is 0. The lowest BCUT2D eigenvalue weighted by Crippen LogP contribution is -2.08. The number of alkyl halides is 3. The maximum atomic E-state index is 11.9. The third-order valence-corrected chi connectivity index (χ3v) is 1.44. The van der Waals surface area contributed by atoms with Gasteiger partial charge >= 0.3 is 6.18 Å². The summed E-state index contributed by atoms with van der Waals surface area (Å²) < 4.78 is 35.5. The van der Waals surface area contributed by atoms with Gasteiger partial charge in [-0.25, -0.2) is 9.97 Å². The Balaban J connectivity index is 3.14. The summed E-state index contributed by atoms with van der Waals surface area (Å²) in [5.41, 5.74) is -1.01. The molecule has 0 spiro atoms. The fourth-order valence-corrected chi connectivity index (χ4v) is 0.909. The highest BCUT2D eigenvalue weighted by Crippen LogP contribution is 2.31. The lowest BCUT2D eigenvalue weighted by Gasteiger charge is -2.04.